The van der Waals surface area contributed by atoms with Gasteiger partial charge in [-0.15, -0.1) is 0 Å². The van der Waals surface area contributed by atoms with Gasteiger partial charge in [0.05, 0.1) is 11.2 Å². The number of nitrogens with zero attached hydrogens (tertiary/aromatic N) is 1. The van der Waals surface area contributed by atoms with E-state index in [2.05, 4.69) is 51.8 Å². The molecule has 0 aromatic rings. The second-order valence-electron chi connectivity index (χ2n) is 8.15. The molecular formula is C18H36N2O. The Morgan fingerprint density at radius 1 is 1.05 bits per heavy atom. The van der Waals surface area contributed by atoms with Crippen LogP contribution in [-0.4, -0.2) is 48.3 Å². The maximum Gasteiger partial charge on any atom is 0.0790 e. The van der Waals surface area contributed by atoms with Gasteiger partial charge >= 0.3 is 0 Å². The Bertz CT molecular complexity index is 336. The average molecular weight is 296 g/mol. The van der Waals surface area contributed by atoms with Gasteiger partial charge in [0.1, 0.15) is 0 Å². The summed E-state index contributed by atoms with van der Waals surface area (Å²) < 4.78 is 6.42. The zero-order chi connectivity index (χ0) is 15.7. The van der Waals surface area contributed by atoms with Crippen LogP contribution in [0.25, 0.3) is 0 Å². The standard InChI is InChI=1S/C18H36N2O/c1-7-11-20(12-14-9-10-14)13-15-16(19-8-2)18(5,6)21-17(15,3)4/h14-16,19H,7-13H2,1-6H3. The molecule has 2 aliphatic rings. The minimum Gasteiger partial charge on any atom is -0.368 e. The van der Waals surface area contributed by atoms with E-state index in [-0.39, 0.29) is 11.2 Å². The Balaban J connectivity index is 2.08. The number of hydrogen-bond donors (Lipinski definition) is 1. The molecule has 0 radical (unpaired) electrons. The SMILES string of the molecule is CCCN(CC1CC1)CC1C(NCC)C(C)(C)OC1(C)C. The second kappa shape index (κ2) is 6.55. The first-order valence-electron chi connectivity index (χ1n) is 8.96. The molecule has 0 aromatic carbocycles. The highest BCUT2D eigenvalue weighted by molar-refractivity contribution is 5.06. The van der Waals surface area contributed by atoms with Crippen LogP contribution in [0.2, 0.25) is 0 Å². The van der Waals surface area contributed by atoms with Crippen LogP contribution in [-0.2, 0) is 4.74 Å². The molecule has 1 aliphatic carbocycles. The summed E-state index contributed by atoms with van der Waals surface area (Å²) in [6.45, 7) is 18.2. The highest BCUT2D eigenvalue weighted by atomic mass is 16.5. The second-order valence-corrected chi connectivity index (χ2v) is 8.15. The van der Waals surface area contributed by atoms with Crippen molar-refractivity contribution in [2.24, 2.45) is 11.8 Å². The van der Waals surface area contributed by atoms with Crippen molar-refractivity contribution in [2.75, 3.05) is 26.2 Å². The molecule has 1 N–H and O–H groups in total. The van der Waals surface area contributed by atoms with Crippen LogP contribution in [0.5, 0.6) is 0 Å². The fourth-order valence-electron chi connectivity index (χ4n) is 4.15. The monoisotopic (exact) mass is 296 g/mol. The molecule has 3 nitrogen and oxygen atoms in total. The van der Waals surface area contributed by atoms with Crippen LogP contribution in [0.15, 0.2) is 0 Å². The maximum absolute atomic E-state index is 6.42. The van der Waals surface area contributed by atoms with E-state index in [0.29, 0.717) is 12.0 Å². The molecule has 2 fully saturated rings. The molecule has 2 unspecified atom stereocenters. The van der Waals surface area contributed by atoms with Gasteiger partial charge in [0.25, 0.3) is 0 Å². The van der Waals surface area contributed by atoms with E-state index in [4.69, 9.17) is 4.74 Å². The van der Waals surface area contributed by atoms with E-state index in [1.807, 2.05) is 0 Å². The fraction of sp³-hybridized carbons (Fsp3) is 1.00. The zero-order valence-electron chi connectivity index (χ0n) is 15.0. The van der Waals surface area contributed by atoms with Crippen molar-refractivity contribution in [2.45, 2.75) is 78.0 Å². The van der Waals surface area contributed by atoms with Crippen molar-refractivity contribution in [1.82, 2.24) is 10.2 Å². The summed E-state index contributed by atoms with van der Waals surface area (Å²) in [6.07, 6.45) is 4.12. The molecule has 124 valence electrons. The van der Waals surface area contributed by atoms with Crippen LogP contribution in [0.3, 0.4) is 0 Å². The van der Waals surface area contributed by atoms with Crippen LogP contribution in [0, 0.1) is 11.8 Å². The van der Waals surface area contributed by atoms with Crippen molar-refractivity contribution < 1.29 is 4.74 Å². The van der Waals surface area contributed by atoms with E-state index in [9.17, 15) is 0 Å². The molecule has 1 heterocycles. The van der Waals surface area contributed by atoms with Crippen LogP contribution in [0.4, 0.5) is 0 Å². The van der Waals surface area contributed by atoms with Crippen molar-refractivity contribution in [3.8, 4) is 0 Å². The van der Waals surface area contributed by atoms with Crippen LogP contribution in [0.1, 0.15) is 60.8 Å². The third-order valence-corrected chi connectivity index (χ3v) is 5.20. The number of hydrogen-bond acceptors (Lipinski definition) is 3. The minimum absolute atomic E-state index is 0.0497. The quantitative estimate of drug-likeness (QED) is 0.744. The van der Waals surface area contributed by atoms with Gasteiger partial charge in [0.2, 0.25) is 0 Å². The lowest BCUT2D eigenvalue weighted by atomic mass is 9.82. The third-order valence-electron chi connectivity index (χ3n) is 5.20. The first kappa shape index (κ1) is 17.2. The summed E-state index contributed by atoms with van der Waals surface area (Å²) in [6, 6.07) is 0.441. The predicted molar refractivity (Wildman–Crippen MR) is 89.7 cm³/mol. The first-order valence-corrected chi connectivity index (χ1v) is 8.96. The van der Waals surface area contributed by atoms with Crippen molar-refractivity contribution >= 4 is 0 Å². The maximum atomic E-state index is 6.42. The number of rotatable bonds is 8. The Kier molecular flexibility index (Phi) is 5.38. The minimum atomic E-state index is -0.0817. The van der Waals surface area contributed by atoms with E-state index in [1.54, 1.807) is 0 Å². The van der Waals surface area contributed by atoms with Crippen molar-refractivity contribution in [3.05, 3.63) is 0 Å². The van der Waals surface area contributed by atoms with Crippen LogP contribution < -0.4 is 5.32 Å². The zero-order valence-corrected chi connectivity index (χ0v) is 15.0. The lowest BCUT2D eigenvalue weighted by Crippen LogP contribution is -2.51. The molecule has 1 saturated heterocycles. The van der Waals surface area contributed by atoms with E-state index < -0.39 is 0 Å². The molecule has 2 atom stereocenters. The smallest absolute Gasteiger partial charge is 0.0790 e. The van der Waals surface area contributed by atoms with E-state index >= 15 is 0 Å². The third kappa shape index (κ3) is 4.20. The predicted octanol–water partition coefficient (Wildman–Crippen LogP) is 3.29. The first-order chi connectivity index (χ1) is 9.80. The molecule has 21 heavy (non-hydrogen) atoms. The van der Waals surface area contributed by atoms with Gasteiger partial charge in [-0.2, -0.15) is 0 Å². The van der Waals surface area contributed by atoms with E-state index in [0.717, 1.165) is 12.5 Å². The molecule has 0 aromatic heterocycles. The molecule has 1 saturated carbocycles. The summed E-state index contributed by atoms with van der Waals surface area (Å²) in [5, 5.41) is 3.71. The number of ether oxygens (including phenoxy) is 1. The molecule has 0 spiro atoms. The van der Waals surface area contributed by atoms with Gasteiger partial charge in [-0.1, -0.05) is 13.8 Å². The molecular weight excluding hydrogens is 260 g/mol. The Morgan fingerprint density at radius 3 is 2.24 bits per heavy atom. The van der Waals surface area contributed by atoms with Gasteiger partial charge < -0.3 is 15.0 Å². The number of nitrogens with one attached hydrogen (secondary N) is 1. The number of likely N-dealkylation sites (N-methyl/N-ethyl adjacent to an activating group) is 1. The van der Waals surface area contributed by atoms with E-state index in [1.165, 1.54) is 38.9 Å². The Hall–Kier alpha value is -0.120. The fourth-order valence-corrected chi connectivity index (χ4v) is 4.15. The molecule has 0 amide bonds. The normalized spacial score (nSPS) is 31.0. The molecule has 0 bridgehead atoms. The van der Waals surface area contributed by atoms with Crippen molar-refractivity contribution in [1.29, 1.82) is 0 Å². The summed E-state index contributed by atoms with van der Waals surface area (Å²) in [5.74, 6) is 1.52. The average Bonchev–Trinajstić information content (AvgIpc) is 3.12. The summed E-state index contributed by atoms with van der Waals surface area (Å²) >= 11 is 0. The molecule has 3 heteroatoms. The van der Waals surface area contributed by atoms with Gasteiger partial charge in [-0.3, -0.25) is 0 Å². The molecule has 2 rings (SSSR count). The largest absolute Gasteiger partial charge is 0.368 e. The highest BCUT2D eigenvalue weighted by Crippen LogP contribution is 2.43. The highest BCUT2D eigenvalue weighted by Gasteiger charge is 2.53. The van der Waals surface area contributed by atoms with Gasteiger partial charge in [-0.25, -0.2) is 0 Å². The lowest BCUT2D eigenvalue weighted by molar-refractivity contribution is -0.0796. The van der Waals surface area contributed by atoms with Gasteiger partial charge in [0.15, 0.2) is 0 Å². The van der Waals surface area contributed by atoms with Gasteiger partial charge in [-0.05, 0) is 66.0 Å². The molecule has 1 aliphatic heterocycles. The van der Waals surface area contributed by atoms with Crippen molar-refractivity contribution in [3.63, 3.8) is 0 Å². The topological polar surface area (TPSA) is 24.5 Å². The Morgan fingerprint density at radius 2 is 1.71 bits per heavy atom. The van der Waals surface area contributed by atoms with Crippen LogP contribution >= 0.6 is 0 Å². The summed E-state index contributed by atoms with van der Waals surface area (Å²) in [5.41, 5.74) is -0.131. The van der Waals surface area contributed by atoms with Gasteiger partial charge in [0, 0.05) is 25.0 Å². The summed E-state index contributed by atoms with van der Waals surface area (Å²) in [7, 11) is 0. The lowest BCUT2D eigenvalue weighted by Gasteiger charge is -2.34. The summed E-state index contributed by atoms with van der Waals surface area (Å²) in [4.78, 5) is 2.69. The Labute approximate surface area is 131 Å².